The van der Waals surface area contributed by atoms with Gasteiger partial charge in [-0.25, -0.2) is 0 Å². The van der Waals surface area contributed by atoms with Crippen LogP contribution in [0.1, 0.15) is 19.3 Å². The Morgan fingerprint density at radius 2 is 1.89 bits per heavy atom. The maximum Gasteiger partial charge on any atom is 0.252 e. The van der Waals surface area contributed by atoms with Crippen LogP contribution in [0.3, 0.4) is 0 Å². The van der Waals surface area contributed by atoms with Gasteiger partial charge in [-0.1, -0.05) is 0 Å². The molecule has 2 aliphatic rings. The van der Waals surface area contributed by atoms with E-state index in [1.54, 1.807) is 7.11 Å². The van der Waals surface area contributed by atoms with Crippen molar-refractivity contribution >= 4 is 17.5 Å². The van der Waals surface area contributed by atoms with Gasteiger partial charge in [0, 0.05) is 11.7 Å². The first kappa shape index (κ1) is 12.0. The van der Waals surface area contributed by atoms with Crippen molar-refractivity contribution in [1.82, 2.24) is 4.90 Å². The van der Waals surface area contributed by atoms with E-state index in [1.807, 2.05) is 24.3 Å². The van der Waals surface area contributed by atoms with Gasteiger partial charge in [0.25, 0.3) is 5.91 Å². The molecule has 1 N–H and O–H groups in total. The topological polar surface area (TPSA) is 58.6 Å². The number of imide groups is 1. The fourth-order valence-corrected chi connectivity index (χ4v) is 2.37. The maximum absolute atomic E-state index is 12.1. The molecule has 5 nitrogen and oxygen atoms in total. The third-order valence-corrected chi connectivity index (χ3v) is 3.53. The number of nitrogens with one attached hydrogen (secondary N) is 1. The predicted octanol–water partition coefficient (Wildman–Crippen LogP) is 1.40. The van der Waals surface area contributed by atoms with Crippen molar-refractivity contribution in [2.75, 3.05) is 12.4 Å². The smallest absolute Gasteiger partial charge is 0.252 e. The second-order valence-electron chi connectivity index (χ2n) is 4.96. The van der Waals surface area contributed by atoms with Crippen LogP contribution in [0.15, 0.2) is 24.3 Å². The summed E-state index contributed by atoms with van der Waals surface area (Å²) >= 11 is 0. The van der Waals surface area contributed by atoms with Gasteiger partial charge >= 0.3 is 0 Å². The maximum atomic E-state index is 12.1. The molecular formula is C14H16N2O3. The monoisotopic (exact) mass is 260 g/mol. The number of hydrogen-bond acceptors (Lipinski definition) is 4. The van der Waals surface area contributed by atoms with Gasteiger partial charge in [0.1, 0.15) is 11.8 Å². The van der Waals surface area contributed by atoms with Gasteiger partial charge in [0.15, 0.2) is 0 Å². The van der Waals surface area contributed by atoms with Crippen molar-refractivity contribution < 1.29 is 14.3 Å². The predicted molar refractivity (Wildman–Crippen MR) is 69.9 cm³/mol. The molecule has 0 radical (unpaired) electrons. The van der Waals surface area contributed by atoms with E-state index in [0.717, 1.165) is 24.3 Å². The number of likely N-dealkylation sites (tertiary alicyclic amines) is 1. The fraction of sp³-hybridized carbons (Fsp3) is 0.429. The summed E-state index contributed by atoms with van der Waals surface area (Å²) in [6.07, 6.45) is 2.15. The van der Waals surface area contributed by atoms with Crippen molar-refractivity contribution in [3.63, 3.8) is 0 Å². The number of ether oxygens (including phenoxy) is 1. The molecule has 19 heavy (non-hydrogen) atoms. The molecule has 3 rings (SSSR count). The Balaban J connectivity index is 1.69. The van der Waals surface area contributed by atoms with E-state index in [9.17, 15) is 9.59 Å². The van der Waals surface area contributed by atoms with E-state index in [-0.39, 0.29) is 24.3 Å². The zero-order valence-corrected chi connectivity index (χ0v) is 10.8. The number of carbonyl (C=O) groups is 2. The summed E-state index contributed by atoms with van der Waals surface area (Å²) in [5.74, 6) is 0.612. The highest BCUT2D eigenvalue weighted by molar-refractivity contribution is 6.07. The summed E-state index contributed by atoms with van der Waals surface area (Å²) < 4.78 is 5.08. The zero-order chi connectivity index (χ0) is 13.4. The van der Waals surface area contributed by atoms with E-state index in [4.69, 9.17) is 4.74 Å². The lowest BCUT2D eigenvalue weighted by atomic mass is 10.2. The molecule has 1 aromatic rings. The first-order chi connectivity index (χ1) is 9.19. The number of carbonyl (C=O) groups excluding carboxylic acids is 2. The number of methoxy groups -OCH3 is 1. The number of rotatable bonds is 4. The number of nitrogens with zero attached hydrogens (tertiary/aromatic N) is 1. The molecule has 1 aliphatic heterocycles. The van der Waals surface area contributed by atoms with Crippen LogP contribution in [0, 0.1) is 0 Å². The van der Waals surface area contributed by atoms with Crippen molar-refractivity contribution in [3.05, 3.63) is 24.3 Å². The average Bonchev–Trinajstić information content (AvgIpc) is 3.19. The molecule has 1 aliphatic carbocycles. The summed E-state index contributed by atoms with van der Waals surface area (Å²) in [6.45, 7) is 0. The summed E-state index contributed by atoms with van der Waals surface area (Å²) in [7, 11) is 1.61. The van der Waals surface area contributed by atoms with Gasteiger partial charge < -0.3 is 10.1 Å². The number of anilines is 1. The van der Waals surface area contributed by atoms with Crippen LogP contribution >= 0.6 is 0 Å². The number of amides is 2. The third-order valence-electron chi connectivity index (χ3n) is 3.53. The Bertz CT molecular complexity index is 508. The summed E-state index contributed by atoms with van der Waals surface area (Å²) in [5.41, 5.74) is 0.824. The molecule has 1 saturated heterocycles. The van der Waals surface area contributed by atoms with Crippen molar-refractivity contribution in [3.8, 4) is 5.75 Å². The Hall–Kier alpha value is -2.04. The highest BCUT2D eigenvalue weighted by atomic mass is 16.5. The van der Waals surface area contributed by atoms with Crippen LogP contribution in [0.4, 0.5) is 5.69 Å². The number of benzene rings is 1. The van der Waals surface area contributed by atoms with Crippen molar-refractivity contribution in [1.29, 1.82) is 0 Å². The molecule has 0 spiro atoms. The Morgan fingerprint density at radius 1 is 1.21 bits per heavy atom. The van der Waals surface area contributed by atoms with E-state index < -0.39 is 6.04 Å². The molecule has 0 bridgehead atoms. The molecule has 0 unspecified atom stereocenters. The average molecular weight is 260 g/mol. The molecule has 1 atom stereocenters. The second-order valence-corrected chi connectivity index (χ2v) is 4.96. The van der Waals surface area contributed by atoms with Crippen LogP contribution < -0.4 is 10.1 Å². The molecule has 5 heteroatoms. The highest BCUT2D eigenvalue weighted by Crippen LogP contribution is 2.32. The third kappa shape index (κ3) is 2.28. The van der Waals surface area contributed by atoms with Gasteiger partial charge in [-0.3, -0.25) is 14.5 Å². The molecular weight excluding hydrogens is 244 g/mol. The molecule has 1 heterocycles. The van der Waals surface area contributed by atoms with Crippen LogP contribution in [0.25, 0.3) is 0 Å². The van der Waals surface area contributed by atoms with Crippen LogP contribution in [-0.2, 0) is 9.59 Å². The second kappa shape index (κ2) is 4.57. The summed E-state index contributed by atoms with van der Waals surface area (Å²) in [6, 6.07) is 7.06. The Labute approximate surface area is 111 Å². The Kier molecular flexibility index (Phi) is 2.89. The van der Waals surface area contributed by atoms with Gasteiger partial charge in [-0.2, -0.15) is 0 Å². The first-order valence-corrected chi connectivity index (χ1v) is 6.45. The van der Waals surface area contributed by atoms with Crippen LogP contribution in [-0.4, -0.2) is 35.9 Å². The van der Waals surface area contributed by atoms with Crippen LogP contribution in [0.2, 0.25) is 0 Å². The van der Waals surface area contributed by atoms with Gasteiger partial charge in [0.05, 0.1) is 13.5 Å². The normalized spacial score (nSPS) is 22.8. The van der Waals surface area contributed by atoms with Crippen molar-refractivity contribution in [2.45, 2.75) is 31.3 Å². The molecule has 2 amide bonds. The number of hydrogen-bond donors (Lipinski definition) is 1. The lowest BCUT2D eigenvalue weighted by Gasteiger charge is -2.15. The van der Waals surface area contributed by atoms with Gasteiger partial charge in [0.2, 0.25) is 5.91 Å². The molecule has 2 fully saturated rings. The quantitative estimate of drug-likeness (QED) is 0.831. The minimum absolute atomic E-state index is 0.0569. The molecule has 1 aromatic carbocycles. The van der Waals surface area contributed by atoms with Gasteiger partial charge in [-0.15, -0.1) is 0 Å². The first-order valence-electron chi connectivity index (χ1n) is 6.45. The van der Waals surface area contributed by atoms with Crippen molar-refractivity contribution in [2.24, 2.45) is 0 Å². The summed E-state index contributed by atoms with van der Waals surface area (Å²) in [4.78, 5) is 25.4. The fourth-order valence-electron chi connectivity index (χ4n) is 2.37. The Morgan fingerprint density at radius 3 is 2.47 bits per heavy atom. The minimum Gasteiger partial charge on any atom is -0.497 e. The molecule has 1 saturated carbocycles. The molecule has 0 aromatic heterocycles. The van der Waals surface area contributed by atoms with Crippen LogP contribution in [0.5, 0.6) is 5.75 Å². The van der Waals surface area contributed by atoms with E-state index in [0.29, 0.717) is 0 Å². The standard InChI is InChI=1S/C14H16N2O3/c1-19-11-6-2-9(3-7-11)15-12-8-13(17)16(14(12)18)10-4-5-10/h2-3,6-7,10,12,15H,4-5,8H2,1H3/t12-/m0/s1. The largest absolute Gasteiger partial charge is 0.497 e. The SMILES string of the molecule is COc1ccc(N[C@H]2CC(=O)N(C3CC3)C2=O)cc1. The highest BCUT2D eigenvalue weighted by Gasteiger charge is 2.45. The molecule has 100 valence electrons. The lowest BCUT2D eigenvalue weighted by molar-refractivity contribution is -0.139. The van der Waals surface area contributed by atoms with Gasteiger partial charge in [-0.05, 0) is 37.1 Å². The van der Waals surface area contributed by atoms with E-state index in [1.165, 1.54) is 4.90 Å². The minimum atomic E-state index is -0.429. The van der Waals surface area contributed by atoms with E-state index >= 15 is 0 Å². The lowest BCUT2D eigenvalue weighted by Crippen LogP contribution is -2.36. The van der Waals surface area contributed by atoms with E-state index in [2.05, 4.69) is 5.32 Å². The zero-order valence-electron chi connectivity index (χ0n) is 10.8. The summed E-state index contributed by atoms with van der Waals surface area (Å²) in [5, 5.41) is 3.12.